The molecule has 0 amide bonds. The summed E-state index contributed by atoms with van der Waals surface area (Å²) in [5.74, 6) is -0.342. The van der Waals surface area contributed by atoms with Crippen molar-refractivity contribution >= 4 is 11.7 Å². The van der Waals surface area contributed by atoms with Crippen LogP contribution in [0.15, 0.2) is 30.3 Å². The number of benzene rings is 1. The van der Waals surface area contributed by atoms with Gasteiger partial charge in [0.15, 0.2) is 0 Å². The number of aliphatic carboxylic acids is 1. The van der Waals surface area contributed by atoms with Crippen LogP contribution in [0.4, 0.5) is 5.69 Å². The summed E-state index contributed by atoms with van der Waals surface area (Å²) in [6.07, 6.45) is 1.88. The fourth-order valence-corrected chi connectivity index (χ4v) is 2.63. The third-order valence-electron chi connectivity index (χ3n) is 3.46. The first-order chi connectivity index (χ1) is 8.65. The van der Waals surface area contributed by atoms with Crippen LogP contribution in [0.1, 0.15) is 19.3 Å². The van der Waals surface area contributed by atoms with Gasteiger partial charge in [0.1, 0.15) is 0 Å². The number of hydrogen-bond acceptors (Lipinski definition) is 3. The van der Waals surface area contributed by atoms with E-state index in [0.29, 0.717) is 12.3 Å². The van der Waals surface area contributed by atoms with E-state index in [1.165, 1.54) is 5.69 Å². The second kappa shape index (κ2) is 5.87. The zero-order valence-electron chi connectivity index (χ0n) is 10.5. The molecule has 18 heavy (non-hydrogen) atoms. The number of rotatable bonds is 4. The van der Waals surface area contributed by atoms with Crippen LogP contribution in [0.5, 0.6) is 0 Å². The zero-order chi connectivity index (χ0) is 13.0. The average molecular weight is 248 g/mol. The molecule has 0 saturated carbocycles. The molecule has 0 radical (unpaired) electrons. The summed E-state index contributed by atoms with van der Waals surface area (Å²) in [6, 6.07) is 10.3. The average Bonchev–Trinajstić information content (AvgIpc) is 2.37. The van der Waals surface area contributed by atoms with Crippen molar-refractivity contribution in [2.75, 3.05) is 18.0 Å². The minimum atomic E-state index is -0.722. The Balaban J connectivity index is 1.98. The third kappa shape index (κ3) is 3.47. The normalized spacial score (nSPS) is 23.9. The Morgan fingerprint density at radius 3 is 2.72 bits per heavy atom. The minimum Gasteiger partial charge on any atom is -0.481 e. The van der Waals surface area contributed by atoms with Gasteiger partial charge in [-0.1, -0.05) is 18.2 Å². The summed E-state index contributed by atoms with van der Waals surface area (Å²) in [7, 11) is 0. The van der Waals surface area contributed by atoms with Crippen molar-refractivity contribution in [2.45, 2.75) is 25.3 Å². The first-order valence-corrected chi connectivity index (χ1v) is 6.42. The van der Waals surface area contributed by atoms with Gasteiger partial charge in [-0.15, -0.1) is 0 Å². The number of carboxylic acids is 1. The SMILES string of the molecule is NC1CC(CCC(=O)O)CN(c2ccccc2)C1. The van der Waals surface area contributed by atoms with Crippen LogP contribution in [-0.2, 0) is 4.79 Å². The van der Waals surface area contributed by atoms with Crippen molar-refractivity contribution in [1.82, 2.24) is 0 Å². The Labute approximate surface area is 107 Å². The molecule has 1 aliphatic rings. The number of nitrogens with zero attached hydrogens (tertiary/aromatic N) is 1. The molecule has 4 nitrogen and oxygen atoms in total. The molecule has 1 heterocycles. The molecular formula is C14H20N2O2. The summed E-state index contributed by atoms with van der Waals surface area (Å²) >= 11 is 0. The van der Waals surface area contributed by atoms with Crippen LogP contribution >= 0.6 is 0 Å². The minimum absolute atomic E-state index is 0.137. The molecule has 4 heteroatoms. The fourth-order valence-electron chi connectivity index (χ4n) is 2.63. The van der Waals surface area contributed by atoms with Gasteiger partial charge in [-0.05, 0) is 30.9 Å². The van der Waals surface area contributed by atoms with E-state index < -0.39 is 5.97 Å². The van der Waals surface area contributed by atoms with Crippen LogP contribution < -0.4 is 10.6 Å². The van der Waals surface area contributed by atoms with Crippen molar-refractivity contribution in [3.05, 3.63) is 30.3 Å². The maximum Gasteiger partial charge on any atom is 0.303 e. The predicted molar refractivity (Wildman–Crippen MR) is 71.6 cm³/mol. The highest BCUT2D eigenvalue weighted by molar-refractivity contribution is 5.66. The molecule has 0 aliphatic carbocycles. The lowest BCUT2D eigenvalue weighted by atomic mass is 9.90. The Hall–Kier alpha value is -1.55. The standard InChI is InChI=1S/C14H20N2O2/c15-12-8-11(6-7-14(17)18)9-16(10-12)13-4-2-1-3-5-13/h1-5,11-12H,6-10,15H2,(H,17,18). The molecule has 1 aromatic carbocycles. The molecule has 0 spiro atoms. The van der Waals surface area contributed by atoms with Crippen LogP contribution in [-0.4, -0.2) is 30.2 Å². The van der Waals surface area contributed by atoms with Gasteiger partial charge in [0, 0.05) is 31.2 Å². The molecule has 1 aromatic rings. The maximum absolute atomic E-state index is 10.6. The molecule has 1 saturated heterocycles. The second-order valence-corrected chi connectivity index (χ2v) is 5.03. The summed E-state index contributed by atoms with van der Waals surface area (Å²) in [6.45, 7) is 1.76. The van der Waals surface area contributed by atoms with E-state index in [-0.39, 0.29) is 12.5 Å². The molecule has 2 atom stereocenters. The number of carboxylic acid groups (broad SMARTS) is 1. The molecule has 1 fully saturated rings. The highest BCUT2D eigenvalue weighted by atomic mass is 16.4. The summed E-state index contributed by atoms with van der Waals surface area (Å²) < 4.78 is 0. The van der Waals surface area contributed by atoms with Gasteiger partial charge in [0.05, 0.1) is 0 Å². The molecule has 2 unspecified atom stereocenters. The van der Waals surface area contributed by atoms with Gasteiger partial charge in [-0.3, -0.25) is 4.79 Å². The Morgan fingerprint density at radius 1 is 1.33 bits per heavy atom. The van der Waals surface area contributed by atoms with E-state index in [1.54, 1.807) is 0 Å². The fraction of sp³-hybridized carbons (Fsp3) is 0.500. The third-order valence-corrected chi connectivity index (χ3v) is 3.46. The summed E-state index contributed by atoms with van der Waals surface area (Å²) in [5.41, 5.74) is 7.24. The van der Waals surface area contributed by atoms with Gasteiger partial charge in [0.2, 0.25) is 0 Å². The smallest absolute Gasteiger partial charge is 0.303 e. The van der Waals surface area contributed by atoms with Crippen molar-refractivity contribution in [1.29, 1.82) is 0 Å². The lowest BCUT2D eigenvalue weighted by molar-refractivity contribution is -0.137. The monoisotopic (exact) mass is 248 g/mol. The van der Waals surface area contributed by atoms with E-state index in [4.69, 9.17) is 10.8 Å². The first kappa shape index (κ1) is 12.9. The van der Waals surface area contributed by atoms with Crippen LogP contribution in [0, 0.1) is 5.92 Å². The van der Waals surface area contributed by atoms with E-state index >= 15 is 0 Å². The maximum atomic E-state index is 10.6. The highest BCUT2D eigenvalue weighted by Crippen LogP contribution is 2.25. The van der Waals surface area contributed by atoms with Gasteiger partial charge >= 0.3 is 5.97 Å². The van der Waals surface area contributed by atoms with Crippen LogP contribution in [0.2, 0.25) is 0 Å². The van der Waals surface area contributed by atoms with Gasteiger partial charge in [-0.25, -0.2) is 0 Å². The molecule has 98 valence electrons. The van der Waals surface area contributed by atoms with E-state index in [9.17, 15) is 4.79 Å². The molecule has 0 aromatic heterocycles. The largest absolute Gasteiger partial charge is 0.481 e. The van der Waals surface area contributed by atoms with Crippen molar-refractivity contribution in [3.8, 4) is 0 Å². The van der Waals surface area contributed by atoms with E-state index in [2.05, 4.69) is 17.0 Å². The molecular weight excluding hydrogens is 228 g/mol. The topological polar surface area (TPSA) is 66.6 Å². The van der Waals surface area contributed by atoms with Gasteiger partial charge in [-0.2, -0.15) is 0 Å². The highest BCUT2D eigenvalue weighted by Gasteiger charge is 2.25. The Kier molecular flexibility index (Phi) is 4.20. The van der Waals surface area contributed by atoms with E-state index in [0.717, 1.165) is 19.5 Å². The van der Waals surface area contributed by atoms with Crippen LogP contribution in [0.3, 0.4) is 0 Å². The number of nitrogens with two attached hydrogens (primary N) is 1. The molecule has 3 N–H and O–H groups in total. The van der Waals surface area contributed by atoms with Crippen molar-refractivity contribution in [2.24, 2.45) is 11.7 Å². The predicted octanol–water partition coefficient (Wildman–Crippen LogP) is 1.70. The Bertz CT molecular complexity index is 394. The number of para-hydroxylation sites is 1. The lowest BCUT2D eigenvalue weighted by Crippen LogP contribution is -2.47. The van der Waals surface area contributed by atoms with Crippen molar-refractivity contribution in [3.63, 3.8) is 0 Å². The summed E-state index contributed by atoms with van der Waals surface area (Å²) in [4.78, 5) is 12.9. The number of piperidine rings is 1. The summed E-state index contributed by atoms with van der Waals surface area (Å²) in [5, 5.41) is 8.75. The molecule has 2 rings (SSSR count). The number of anilines is 1. The van der Waals surface area contributed by atoms with Crippen LogP contribution in [0.25, 0.3) is 0 Å². The first-order valence-electron chi connectivity index (χ1n) is 6.42. The lowest BCUT2D eigenvalue weighted by Gasteiger charge is -2.37. The Morgan fingerprint density at radius 2 is 2.06 bits per heavy atom. The van der Waals surface area contributed by atoms with Crippen molar-refractivity contribution < 1.29 is 9.90 Å². The van der Waals surface area contributed by atoms with Gasteiger partial charge in [0.25, 0.3) is 0 Å². The number of carbonyl (C=O) groups is 1. The molecule has 0 bridgehead atoms. The van der Waals surface area contributed by atoms with E-state index in [1.807, 2.05) is 18.2 Å². The quantitative estimate of drug-likeness (QED) is 0.851. The zero-order valence-corrected chi connectivity index (χ0v) is 10.5. The number of hydrogen-bond donors (Lipinski definition) is 2. The second-order valence-electron chi connectivity index (χ2n) is 5.03. The van der Waals surface area contributed by atoms with Gasteiger partial charge < -0.3 is 15.7 Å². The molecule has 1 aliphatic heterocycles.